The number of guanidine groups is 1. The number of benzene rings is 1. The number of rotatable bonds is 2. The highest BCUT2D eigenvalue weighted by molar-refractivity contribution is 6.09. The Balaban J connectivity index is 1.70. The number of carbonyl (C=O) groups is 2. The van der Waals surface area contributed by atoms with Crippen LogP contribution < -0.4 is 21.1 Å². The van der Waals surface area contributed by atoms with Gasteiger partial charge in [-0.2, -0.15) is 4.99 Å². The summed E-state index contributed by atoms with van der Waals surface area (Å²) in [7, 11) is 0. The average Bonchev–Trinajstić information content (AvgIpc) is 3.20. The number of amides is 3. The quantitative estimate of drug-likeness (QED) is 0.398. The second-order valence-corrected chi connectivity index (χ2v) is 7.33. The number of nitrogens with zero attached hydrogens (tertiary/aromatic N) is 2. The standard InChI is InChI=1S/C17H19N5O6/c1-7-2-3-10-8(4-7)16-13(25)19-14(18)20-17(16,28-10)22(15(26)21-16)12-5-9(24)11(6-23)27-12/h2-4,9,11-12,23-24H,5-6H2,1H3,(H,21,26)(H3,18,19,20,25)/t9-,11+,12+,16?,17?/m0/s1. The number of fused-ring (bicyclic) bond motifs is 1. The molecule has 148 valence electrons. The first-order chi connectivity index (χ1) is 13.3. The highest BCUT2D eigenvalue weighted by Crippen LogP contribution is 2.56. The van der Waals surface area contributed by atoms with Crippen molar-refractivity contribution in [3.8, 4) is 5.75 Å². The van der Waals surface area contributed by atoms with Crippen molar-refractivity contribution in [1.29, 1.82) is 0 Å². The Labute approximate surface area is 159 Å². The van der Waals surface area contributed by atoms with Gasteiger partial charge in [-0.3, -0.25) is 10.1 Å². The van der Waals surface area contributed by atoms with Gasteiger partial charge in [-0.15, -0.1) is 0 Å². The molecular formula is C17H19N5O6. The van der Waals surface area contributed by atoms with Crippen molar-refractivity contribution in [3.05, 3.63) is 29.3 Å². The topological polar surface area (TPSA) is 159 Å². The van der Waals surface area contributed by atoms with Crippen molar-refractivity contribution >= 4 is 17.9 Å². The number of aliphatic imine (C=N–C) groups is 1. The van der Waals surface area contributed by atoms with Crippen LogP contribution in [0.25, 0.3) is 0 Å². The van der Waals surface area contributed by atoms with Crippen molar-refractivity contribution in [2.24, 2.45) is 10.7 Å². The van der Waals surface area contributed by atoms with Crippen molar-refractivity contribution in [2.75, 3.05) is 6.61 Å². The minimum atomic E-state index is -1.85. The lowest BCUT2D eigenvalue weighted by atomic mass is 9.84. The molecule has 5 rings (SSSR count). The van der Waals surface area contributed by atoms with Gasteiger partial charge in [-0.1, -0.05) is 11.6 Å². The minimum absolute atomic E-state index is 0.0201. The molecule has 4 aliphatic rings. The normalized spacial score (nSPS) is 38.2. The number of carbonyl (C=O) groups excluding carboxylic acids is 2. The number of ether oxygens (including phenoxy) is 2. The number of aliphatic hydroxyl groups is 2. The van der Waals surface area contributed by atoms with Gasteiger partial charge in [0.05, 0.1) is 12.7 Å². The first-order valence-corrected chi connectivity index (χ1v) is 8.85. The average molecular weight is 389 g/mol. The lowest BCUT2D eigenvalue weighted by Gasteiger charge is -2.41. The second kappa shape index (κ2) is 5.34. The third-order valence-electron chi connectivity index (χ3n) is 5.65. The van der Waals surface area contributed by atoms with Crippen LogP contribution in [0.3, 0.4) is 0 Å². The molecule has 0 saturated carbocycles. The zero-order valence-electron chi connectivity index (χ0n) is 14.9. The molecule has 4 heterocycles. The van der Waals surface area contributed by atoms with Gasteiger partial charge in [0.1, 0.15) is 18.1 Å². The van der Waals surface area contributed by atoms with E-state index in [2.05, 4.69) is 15.6 Å². The Morgan fingerprint density at radius 1 is 1.43 bits per heavy atom. The third kappa shape index (κ3) is 1.85. The maximum absolute atomic E-state index is 13.1. The number of aliphatic hydroxyl groups excluding tert-OH is 2. The molecule has 0 spiro atoms. The van der Waals surface area contributed by atoms with Crippen LogP contribution >= 0.6 is 0 Å². The van der Waals surface area contributed by atoms with E-state index in [1.165, 1.54) is 0 Å². The first-order valence-electron chi connectivity index (χ1n) is 8.85. The summed E-state index contributed by atoms with van der Waals surface area (Å²) in [5, 5.41) is 24.7. The van der Waals surface area contributed by atoms with Crippen LogP contribution in [0.4, 0.5) is 4.79 Å². The Morgan fingerprint density at radius 2 is 2.21 bits per heavy atom. The zero-order chi connectivity index (χ0) is 19.8. The number of urea groups is 1. The largest absolute Gasteiger partial charge is 0.445 e. The molecule has 6 N–H and O–H groups in total. The van der Waals surface area contributed by atoms with Crippen molar-refractivity contribution in [3.63, 3.8) is 0 Å². The molecule has 2 fully saturated rings. The van der Waals surface area contributed by atoms with Crippen LogP contribution in [0, 0.1) is 6.92 Å². The lowest BCUT2D eigenvalue weighted by Crippen LogP contribution is -2.70. The number of hydrogen-bond donors (Lipinski definition) is 5. The van der Waals surface area contributed by atoms with Gasteiger partial charge in [0.25, 0.3) is 5.91 Å². The van der Waals surface area contributed by atoms with Gasteiger partial charge >= 0.3 is 11.9 Å². The Kier molecular flexibility index (Phi) is 3.28. The van der Waals surface area contributed by atoms with Crippen LogP contribution in [0.1, 0.15) is 17.5 Å². The van der Waals surface area contributed by atoms with Crippen molar-refractivity contribution in [1.82, 2.24) is 15.5 Å². The minimum Gasteiger partial charge on any atom is -0.445 e. The molecule has 4 aliphatic heterocycles. The van der Waals surface area contributed by atoms with Crippen LogP contribution in [-0.2, 0) is 15.1 Å². The van der Waals surface area contributed by atoms with Crippen LogP contribution in [0.15, 0.2) is 23.2 Å². The molecule has 1 aromatic carbocycles. The van der Waals surface area contributed by atoms with Crippen LogP contribution in [0.5, 0.6) is 5.75 Å². The predicted molar refractivity (Wildman–Crippen MR) is 92.7 cm³/mol. The summed E-state index contributed by atoms with van der Waals surface area (Å²) < 4.78 is 11.8. The highest BCUT2D eigenvalue weighted by Gasteiger charge is 2.78. The number of hydrogen-bond acceptors (Lipinski definition) is 8. The molecule has 0 radical (unpaired) electrons. The Hall–Kier alpha value is -2.89. The van der Waals surface area contributed by atoms with E-state index in [0.29, 0.717) is 11.3 Å². The predicted octanol–water partition coefficient (Wildman–Crippen LogP) is -1.83. The Morgan fingerprint density at radius 3 is 2.93 bits per heavy atom. The van der Waals surface area contributed by atoms with E-state index in [-0.39, 0.29) is 12.4 Å². The molecule has 0 aliphatic carbocycles. The van der Waals surface area contributed by atoms with Crippen LogP contribution in [0.2, 0.25) is 0 Å². The van der Waals surface area contributed by atoms with Gasteiger partial charge in [-0.25, -0.2) is 9.69 Å². The SMILES string of the molecule is Cc1ccc2c(c1)C13NC(=O)N([C@H]4C[C@H](O)[C@@H](CO)O4)C1(N=C(N)NC3=O)O2. The summed E-state index contributed by atoms with van der Waals surface area (Å²) in [5.74, 6) is -2.26. The maximum atomic E-state index is 13.1. The van der Waals surface area contributed by atoms with Gasteiger partial charge in [0, 0.05) is 12.0 Å². The molecular weight excluding hydrogens is 370 g/mol. The van der Waals surface area contributed by atoms with Gasteiger partial charge in [0.2, 0.25) is 11.5 Å². The fourth-order valence-electron chi connectivity index (χ4n) is 4.42. The van der Waals surface area contributed by atoms with E-state index < -0.39 is 48.4 Å². The molecule has 5 atom stereocenters. The molecule has 0 aromatic heterocycles. The van der Waals surface area contributed by atoms with E-state index in [1.54, 1.807) is 12.1 Å². The molecule has 11 heteroatoms. The van der Waals surface area contributed by atoms with Crippen molar-refractivity contribution in [2.45, 2.75) is 43.2 Å². The Bertz CT molecular complexity index is 937. The third-order valence-corrected chi connectivity index (χ3v) is 5.65. The van der Waals surface area contributed by atoms with Crippen LogP contribution in [-0.4, -0.2) is 63.9 Å². The summed E-state index contributed by atoms with van der Waals surface area (Å²) in [6.45, 7) is 1.43. The summed E-state index contributed by atoms with van der Waals surface area (Å²) in [4.78, 5) is 31.6. The summed E-state index contributed by atoms with van der Waals surface area (Å²) in [6.07, 6.45) is -2.81. The van der Waals surface area contributed by atoms with E-state index in [9.17, 15) is 19.8 Å². The monoisotopic (exact) mass is 389 g/mol. The van der Waals surface area contributed by atoms with Gasteiger partial charge in [0.15, 0.2) is 0 Å². The lowest BCUT2D eigenvalue weighted by molar-refractivity contribution is -0.163. The zero-order valence-corrected chi connectivity index (χ0v) is 14.9. The highest BCUT2D eigenvalue weighted by atomic mass is 16.6. The number of nitrogens with two attached hydrogens (primary N) is 1. The smallest absolute Gasteiger partial charge is 0.328 e. The maximum Gasteiger partial charge on any atom is 0.328 e. The fourth-order valence-corrected chi connectivity index (χ4v) is 4.42. The molecule has 11 nitrogen and oxygen atoms in total. The second-order valence-electron chi connectivity index (χ2n) is 7.33. The number of aryl methyl sites for hydroxylation is 1. The molecule has 2 unspecified atom stereocenters. The van der Waals surface area contributed by atoms with Gasteiger partial charge in [-0.05, 0) is 19.1 Å². The van der Waals surface area contributed by atoms with Gasteiger partial charge < -0.3 is 30.7 Å². The fraction of sp³-hybridized carbons (Fsp3) is 0.471. The van der Waals surface area contributed by atoms with E-state index in [4.69, 9.17) is 15.2 Å². The van der Waals surface area contributed by atoms with E-state index in [0.717, 1.165) is 10.5 Å². The molecule has 1 aromatic rings. The molecule has 3 amide bonds. The number of nitrogens with one attached hydrogen (secondary N) is 2. The first kappa shape index (κ1) is 17.2. The summed E-state index contributed by atoms with van der Waals surface area (Å²) >= 11 is 0. The summed E-state index contributed by atoms with van der Waals surface area (Å²) in [6, 6.07) is 4.60. The molecule has 28 heavy (non-hydrogen) atoms. The summed E-state index contributed by atoms with van der Waals surface area (Å²) in [5.41, 5.74) is 5.47. The van der Waals surface area contributed by atoms with E-state index >= 15 is 0 Å². The van der Waals surface area contributed by atoms with Crippen molar-refractivity contribution < 1.29 is 29.3 Å². The molecule has 0 bridgehead atoms. The molecule has 2 saturated heterocycles. The van der Waals surface area contributed by atoms with E-state index in [1.807, 2.05) is 13.0 Å².